The summed E-state index contributed by atoms with van der Waals surface area (Å²) in [5.74, 6) is 0.460. The second kappa shape index (κ2) is 9.74. The molecule has 0 radical (unpaired) electrons. The van der Waals surface area contributed by atoms with Crippen LogP contribution in [0.4, 0.5) is 4.79 Å². The number of amides is 2. The van der Waals surface area contributed by atoms with Crippen molar-refractivity contribution in [3.8, 4) is 0 Å². The lowest BCUT2D eigenvalue weighted by molar-refractivity contribution is -0.0948. The lowest BCUT2D eigenvalue weighted by atomic mass is 10.00. The van der Waals surface area contributed by atoms with Crippen molar-refractivity contribution in [2.45, 2.75) is 59.3 Å². The third-order valence-electron chi connectivity index (χ3n) is 4.64. The first kappa shape index (κ1) is 22.2. The van der Waals surface area contributed by atoms with Crippen molar-refractivity contribution in [2.75, 3.05) is 53.4 Å². The highest BCUT2D eigenvalue weighted by atomic mass is 16.5. The van der Waals surface area contributed by atoms with Crippen LogP contribution in [0.2, 0.25) is 0 Å². The Labute approximate surface area is 154 Å². The van der Waals surface area contributed by atoms with Crippen molar-refractivity contribution >= 4 is 6.03 Å². The number of carbonyl (C=O) groups is 1. The second-order valence-electron chi connectivity index (χ2n) is 8.78. The van der Waals surface area contributed by atoms with Crippen LogP contribution in [0.25, 0.3) is 0 Å². The van der Waals surface area contributed by atoms with Gasteiger partial charge in [-0.2, -0.15) is 0 Å². The van der Waals surface area contributed by atoms with E-state index in [0.29, 0.717) is 12.5 Å². The monoisotopic (exact) mass is 356 g/mol. The van der Waals surface area contributed by atoms with Crippen molar-refractivity contribution in [1.82, 2.24) is 20.0 Å². The summed E-state index contributed by atoms with van der Waals surface area (Å²) in [5.41, 5.74) is -0.0903. The van der Waals surface area contributed by atoms with E-state index in [1.165, 1.54) is 0 Å². The summed E-state index contributed by atoms with van der Waals surface area (Å²) in [4.78, 5) is 19.2. The van der Waals surface area contributed by atoms with Crippen LogP contribution in [0, 0.1) is 5.92 Å². The molecule has 1 rings (SSSR count). The Kier molecular flexibility index (Phi) is 8.64. The fraction of sp³-hybridized carbons (Fsp3) is 0.947. The fourth-order valence-electron chi connectivity index (χ4n) is 3.22. The molecular weight excluding hydrogens is 316 g/mol. The fourth-order valence-corrected chi connectivity index (χ4v) is 3.22. The number of likely N-dealkylation sites (N-methyl/N-ethyl adjacent to an activating group) is 1. The van der Waals surface area contributed by atoms with Gasteiger partial charge >= 0.3 is 6.03 Å². The molecule has 1 heterocycles. The minimum Gasteiger partial charge on any atom is -0.373 e. The third kappa shape index (κ3) is 7.92. The molecule has 0 aromatic heterocycles. The zero-order valence-corrected chi connectivity index (χ0v) is 17.6. The Hall–Kier alpha value is -0.850. The first-order valence-electron chi connectivity index (χ1n) is 9.59. The molecule has 0 spiro atoms. The number of nitrogens with one attached hydrogen (secondary N) is 1. The molecule has 148 valence electrons. The topological polar surface area (TPSA) is 48.0 Å². The Morgan fingerprint density at radius 3 is 2.24 bits per heavy atom. The van der Waals surface area contributed by atoms with Crippen molar-refractivity contribution in [3.63, 3.8) is 0 Å². The Balaban J connectivity index is 2.60. The van der Waals surface area contributed by atoms with Gasteiger partial charge in [-0.3, -0.25) is 4.90 Å². The van der Waals surface area contributed by atoms with Gasteiger partial charge < -0.3 is 19.9 Å². The average Bonchev–Trinajstić information content (AvgIpc) is 2.47. The summed E-state index contributed by atoms with van der Waals surface area (Å²) in [6.07, 6.45) is 0.465. The average molecular weight is 357 g/mol. The van der Waals surface area contributed by atoms with Crippen LogP contribution in [0.5, 0.6) is 0 Å². The predicted octanol–water partition coefficient (Wildman–Crippen LogP) is 2.10. The van der Waals surface area contributed by atoms with Crippen LogP contribution < -0.4 is 5.32 Å². The maximum absolute atomic E-state index is 12.7. The number of nitrogens with zero attached hydrogens (tertiary/aromatic N) is 3. The Morgan fingerprint density at radius 2 is 1.76 bits per heavy atom. The molecule has 6 nitrogen and oxygen atoms in total. The van der Waals surface area contributed by atoms with Gasteiger partial charge in [0.2, 0.25) is 0 Å². The number of ether oxygens (including phenoxy) is 1. The zero-order chi connectivity index (χ0) is 19.2. The van der Waals surface area contributed by atoms with Gasteiger partial charge in [-0.25, -0.2) is 4.79 Å². The lowest BCUT2D eigenvalue weighted by Crippen LogP contribution is -2.59. The Bertz CT molecular complexity index is 402. The highest BCUT2D eigenvalue weighted by Gasteiger charge is 2.33. The molecule has 6 heteroatoms. The van der Waals surface area contributed by atoms with E-state index in [4.69, 9.17) is 4.74 Å². The lowest BCUT2D eigenvalue weighted by Gasteiger charge is -2.45. The highest BCUT2D eigenvalue weighted by Crippen LogP contribution is 2.20. The van der Waals surface area contributed by atoms with E-state index >= 15 is 0 Å². The van der Waals surface area contributed by atoms with E-state index in [1.807, 2.05) is 19.0 Å². The number of rotatable bonds is 8. The molecule has 25 heavy (non-hydrogen) atoms. The SMILES string of the molecule is CC(C)CN(CCN(C)C)C(=O)NCC(C)(C)N1CC(C)OC(C)C1. The Morgan fingerprint density at radius 1 is 1.20 bits per heavy atom. The largest absolute Gasteiger partial charge is 0.373 e. The first-order valence-corrected chi connectivity index (χ1v) is 9.59. The maximum atomic E-state index is 12.7. The van der Waals surface area contributed by atoms with Gasteiger partial charge in [0, 0.05) is 44.8 Å². The van der Waals surface area contributed by atoms with Crippen LogP contribution in [-0.4, -0.2) is 91.8 Å². The molecule has 0 aliphatic carbocycles. The van der Waals surface area contributed by atoms with Gasteiger partial charge in [0.15, 0.2) is 0 Å². The van der Waals surface area contributed by atoms with Gasteiger partial charge in [-0.1, -0.05) is 13.8 Å². The van der Waals surface area contributed by atoms with E-state index in [2.05, 4.69) is 56.7 Å². The molecule has 2 amide bonds. The second-order valence-corrected chi connectivity index (χ2v) is 8.78. The summed E-state index contributed by atoms with van der Waals surface area (Å²) in [7, 11) is 4.07. The number of carbonyl (C=O) groups excluding carboxylic acids is 1. The molecule has 2 atom stereocenters. The number of hydrogen-bond acceptors (Lipinski definition) is 4. The summed E-state index contributed by atoms with van der Waals surface area (Å²) in [6, 6.07) is 0.0398. The summed E-state index contributed by atoms with van der Waals surface area (Å²) in [6.45, 7) is 17.8. The molecule has 1 fully saturated rings. The molecular formula is C19H40N4O2. The highest BCUT2D eigenvalue weighted by molar-refractivity contribution is 5.74. The molecule has 0 saturated carbocycles. The van der Waals surface area contributed by atoms with E-state index in [0.717, 1.165) is 32.7 Å². The number of hydrogen-bond donors (Lipinski definition) is 1. The van der Waals surface area contributed by atoms with Gasteiger partial charge in [-0.15, -0.1) is 0 Å². The van der Waals surface area contributed by atoms with Crippen LogP contribution in [0.15, 0.2) is 0 Å². The van der Waals surface area contributed by atoms with Crippen molar-refractivity contribution in [3.05, 3.63) is 0 Å². The quantitative estimate of drug-likeness (QED) is 0.724. The van der Waals surface area contributed by atoms with E-state index < -0.39 is 0 Å². The van der Waals surface area contributed by atoms with Crippen LogP contribution in [-0.2, 0) is 4.74 Å². The first-order chi connectivity index (χ1) is 11.5. The maximum Gasteiger partial charge on any atom is 0.317 e. The van der Waals surface area contributed by atoms with E-state index in [9.17, 15) is 4.79 Å². The predicted molar refractivity (Wildman–Crippen MR) is 104 cm³/mol. The summed E-state index contributed by atoms with van der Waals surface area (Å²) >= 11 is 0. The van der Waals surface area contributed by atoms with Crippen molar-refractivity contribution in [2.24, 2.45) is 5.92 Å². The van der Waals surface area contributed by atoms with Gasteiger partial charge in [0.1, 0.15) is 0 Å². The molecule has 1 N–H and O–H groups in total. The molecule has 1 aliphatic rings. The molecule has 1 aliphatic heterocycles. The van der Waals surface area contributed by atoms with E-state index in [-0.39, 0.29) is 23.8 Å². The summed E-state index contributed by atoms with van der Waals surface area (Å²) < 4.78 is 5.83. The third-order valence-corrected chi connectivity index (χ3v) is 4.64. The molecule has 0 aromatic carbocycles. The van der Waals surface area contributed by atoms with Gasteiger partial charge in [-0.05, 0) is 47.7 Å². The van der Waals surface area contributed by atoms with Crippen molar-refractivity contribution < 1.29 is 9.53 Å². The van der Waals surface area contributed by atoms with Crippen molar-refractivity contribution in [1.29, 1.82) is 0 Å². The number of morpholine rings is 1. The molecule has 2 unspecified atom stereocenters. The molecule has 0 aromatic rings. The molecule has 0 bridgehead atoms. The van der Waals surface area contributed by atoms with E-state index in [1.54, 1.807) is 0 Å². The summed E-state index contributed by atoms with van der Waals surface area (Å²) in [5, 5.41) is 3.17. The number of urea groups is 1. The van der Waals surface area contributed by atoms with Crippen LogP contribution >= 0.6 is 0 Å². The van der Waals surface area contributed by atoms with Crippen LogP contribution in [0.1, 0.15) is 41.5 Å². The molecule has 1 saturated heterocycles. The smallest absolute Gasteiger partial charge is 0.317 e. The minimum absolute atomic E-state index is 0.0398. The van der Waals surface area contributed by atoms with Gasteiger partial charge in [0.25, 0.3) is 0 Å². The normalized spacial score (nSPS) is 22.5. The minimum atomic E-state index is -0.0903. The van der Waals surface area contributed by atoms with Gasteiger partial charge in [0.05, 0.1) is 12.2 Å². The standard InChI is InChI=1S/C19H40N4O2/c1-15(2)11-22(10-9-21(7)8)18(24)20-14-19(5,6)23-12-16(3)25-17(4)13-23/h15-17H,9-14H2,1-8H3,(H,20,24). The zero-order valence-electron chi connectivity index (χ0n) is 17.6. The van der Waals surface area contributed by atoms with Crippen LogP contribution in [0.3, 0.4) is 0 Å².